The molecule has 1 aromatic rings. The van der Waals surface area contributed by atoms with Gasteiger partial charge in [-0.15, -0.1) is 0 Å². The summed E-state index contributed by atoms with van der Waals surface area (Å²) in [4.78, 5) is 10.9. The van der Waals surface area contributed by atoms with Gasteiger partial charge in [-0.25, -0.2) is 4.79 Å². The summed E-state index contributed by atoms with van der Waals surface area (Å²) in [6, 6.07) is 1.83. The number of aryl methyl sites for hydroxylation is 1. The second-order valence-electron chi connectivity index (χ2n) is 1.84. The Morgan fingerprint density at radius 3 is 3.00 bits per heavy atom. The van der Waals surface area contributed by atoms with Crippen LogP contribution in [0, 0.1) is 11.3 Å². The van der Waals surface area contributed by atoms with Gasteiger partial charge < -0.3 is 0 Å². The molecule has 0 fully saturated rings. The molecule has 0 spiro atoms. The third kappa shape index (κ3) is 0.910. The molecule has 1 rings (SSSR count). The van der Waals surface area contributed by atoms with Crippen LogP contribution in [-0.4, -0.2) is 14.3 Å². The first kappa shape index (κ1) is 6.55. The van der Waals surface area contributed by atoms with Crippen molar-refractivity contribution in [3.63, 3.8) is 0 Å². The summed E-state index contributed by atoms with van der Waals surface area (Å²) in [5.74, 6) is 0. The third-order valence-corrected chi connectivity index (χ3v) is 1.11. The fraction of sp³-hybridized carbons (Fsp3) is 0.400. The molecule has 0 unspecified atom stereocenters. The molecule has 0 aliphatic heterocycles. The van der Waals surface area contributed by atoms with Gasteiger partial charge in [0.15, 0.2) is 0 Å². The van der Waals surface area contributed by atoms with Crippen molar-refractivity contribution in [1.29, 1.82) is 5.26 Å². The van der Waals surface area contributed by atoms with E-state index in [9.17, 15) is 4.79 Å². The number of nitrogens with zero attached hydrogens (tertiary/aromatic N) is 4. The normalized spacial score (nSPS) is 9.20. The molecule has 0 radical (unpaired) electrons. The zero-order valence-electron chi connectivity index (χ0n) is 5.48. The Kier molecular flexibility index (Phi) is 1.54. The molecular weight excluding hydrogens is 132 g/mol. The van der Waals surface area contributed by atoms with Crippen LogP contribution in [0.25, 0.3) is 0 Å². The van der Waals surface area contributed by atoms with E-state index in [1.165, 1.54) is 10.9 Å². The average Bonchev–Trinajstić information content (AvgIpc) is 2.20. The molecule has 0 saturated carbocycles. The number of nitriles is 1. The van der Waals surface area contributed by atoms with Gasteiger partial charge in [0.1, 0.15) is 12.9 Å². The van der Waals surface area contributed by atoms with Gasteiger partial charge in [0.2, 0.25) is 0 Å². The van der Waals surface area contributed by atoms with Crippen molar-refractivity contribution in [2.24, 2.45) is 7.05 Å². The van der Waals surface area contributed by atoms with E-state index in [1.807, 2.05) is 6.07 Å². The van der Waals surface area contributed by atoms with Crippen LogP contribution in [0.3, 0.4) is 0 Å². The Bertz CT molecular complexity index is 315. The first-order valence-electron chi connectivity index (χ1n) is 2.71. The minimum absolute atomic E-state index is 0.0136. The van der Waals surface area contributed by atoms with Gasteiger partial charge in [0.05, 0.1) is 6.07 Å². The first-order valence-corrected chi connectivity index (χ1v) is 2.71. The molecule has 1 heterocycles. The molecule has 1 aromatic heterocycles. The topological polar surface area (TPSA) is 63.6 Å². The number of hydrogen-bond donors (Lipinski definition) is 0. The van der Waals surface area contributed by atoms with Gasteiger partial charge in [-0.3, -0.25) is 4.57 Å². The summed E-state index contributed by atoms with van der Waals surface area (Å²) < 4.78 is 2.41. The second kappa shape index (κ2) is 2.35. The van der Waals surface area contributed by atoms with E-state index in [0.29, 0.717) is 0 Å². The van der Waals surface area contributed by atoms with Crippen molar-refractivity contribution in [3.8, 4) is 6.07 Å². The van der Waals surface area contributed by atoms with E-state index < -0.39 is 0 Å². The first-order chi connectivity index (χ1) is 4.75. The molecule has 0 amide bonds. The van der Waals surface area contributed by atoms with Crippen molar-refractivity contribution in [1.82, 2.24) is 14.3 Å². The van der Waals surface area contributed by atoms with Gasteiger partial charge in [0, 0.05) is 7.05 Å². The molecule has 0 N–H and O–H groups in total. The number of hydrogen-bond acceptors (Lipinski definition) is 3. The monoisotopic (exact) mass is 138 g/mol. The smallest absolute Gasteiger partial charge is 0.285 e. The van der Waals surface area contributed by atoms with Crippen LogP contribution < -0.4 is 5.69 Å². The fourth-order valence-corrected chi connectivity index (χ4v) is 0.596. The Hall–Kier alpha value is -1.57. The van der Waals surface area contributed by atoms with Gasteiger partial charge in [-0.05, 0) is 0 Å². The van der Waals surface area contributed by atoms with Crippen LogP contribution in [0.5, 0.6) is 0 Å². The summed E-state index contributed by atoms with van der Waals surface area (Å²) in [5, 5.41) is 11.8. The molecule has 0 bridgehead atoms. The van der Waals surface area contributed by atoms with Crippen molar-refractivity contribution in [3.05, 3.63) is 16.8 Å². The average molecular weight is 138 g/mol. The van der Waals surface area contributed by atoms with Crippen LogP contribution in [-0.2, 0) is 13.6 Å². The van der Waals surface area contributed by atoms with Crippen molar-refractivity contribution >= 4 is 0 Å². The number of rotatable bonds is 1. The van der Waals surface area contributed by atoms with E-state index in [4.69, 9.17) is 5.26 Å². The Morgan fingerprint density at radius 1 is 1.90 bits per heavy atom. The SMILES string of the molecule is Cn1cnn(CC#N)c1=O. The summed E-state index contributed by atoms with van der Waals surface area (Å²) in [5.41, 5.74) is -0.262. The minimum atomic E-state index is -0.262. The third-order valence-electron chi connectivity index (χ3n) is 1.11. The maximum absolute atomic E-state index is 10.9. The highest BCUT2D eigenvalue weighted by atomic mass is 16.2. The van der Waals surface area contributed by atoms with Crippen LogP contribution in [0.1, 0.15) is 0 Å². The highest BCUT2D eigenvalue weighted by molar-refractivity contribution is 4.73. The van der Waals surface area contributed by atoms with Gasteiger partial charge in [-0.2, -0.15) is 15.0 Å². The molecular formula is C5H6N4O. The van der Waals surface area contributed by atoms with Crippen LogP contribution in [0.4, 0.5) is 0 Å². The van der Waals surface area contributed by atoms with Crippen molar-refractivity contribution in [2.45, 2.75) is 6.54 Å². The van der Waals surface area contributed by atoms with E-state index in [1.54, 1.807) is 7.05 Å². The highest BCUT2D eigenvalue weighted by Gasteiger charge is 1.97. The summed E-state index contributed by atoms with van der Waals surface area (Å²) in [6.45, 7) is 0.0136. The largest absolute Gasteiger partial charge is 0.346 e. The minimum Gasteiger partial charge on any atom is -0.285 e. The number of aromatic nitrogens is 3. The quantitative estimate of drug-likeness (QED) is 0.505. The van der Waals surface area contributed by atoms with Gasteiger partial charge in [-0.1, -0.05) is 0 Å². The molecule has 0 saturated heterocycles. The summed E-state index contributed by atoms with van der Waals surface area (Å²) in [7, 11) is 1.59. The fourth-order valence-electron chi connectivity index (χ4n) is 0.596. The Labute approximate surface area is 57.1 Å². The molecule has 5 heteroatoms. The van der Waals surface area contributed by atoms with Crippen LogP contribution in [0.15, 0.2) is 11.1 Å². The van der Waals surface area contributed by atoms with E-state index in [0.717, 1.165) is 4.68 Å². The van der Waals surface area contributed by atoms with E-state index in [-0.39, 0.29) is 12.2 Å². The maximum atomic E-state index is 10.9. The second-order valence-corrected chi connectivity index (χ2v) is 1.84. The zero-order valence-corrected chi connectivity index (χ0v) is 5.48. The van der Waals surface area contributed by atoms with Crippen molar-refractivity contribution < 1.29 is 0 Å². The molecule has 5 nitrogen and oxygen atoms in total. The lowest BCUT2D eigenvalue weighted by Gasteiger charge is -1.85. The van der Waals surface area contributed by atoms with Crippen molar-refractivity contribution in [2.75, 3.05) is 0 Å². The molecule has 0 aliphatic rings. The van der Waals surface area contributed by atoms with E-state index >= 15 is 0 Å². The standard InChI is InChI=1S/C5H6N4O/c1-8-4-7-9(3-2-6)5(8)10/h4H,3H2,1H3. The zero-order chi connectivity index (χ0) is 7.56. The lowest BCUT2D eigenvalue weighted by molar-refractivity contribution is 0.666. The summed E-state index contributed by atoms with van der Waals surface area (Å²) >= 11 is 0. The van der Waals surface area contributed by atoms with Crippen LogP contribution in [0.2, 0.25) is 0 Å². The lowest BCUT2D eigenvalue weighted by Crippen LogP contribution is -2.22. The van der Waals surface area contributed by atoms with E-state index in [2.05, 4.69) is 5.10 Å². The summed E-state index contributed by atoms with van der Waals surface area (Å²) in [6.07, 6.45) is 1.37. The molecule has 0 aromatic carbocycles. The van der Waals surface area contributed by atoms with Gasteiger partial charge >= 0.3 is 5.69 Å². The molecule has 0 aliphatic carbocycles. The maximum Gasteiger partial charge on any atom is 0.346 e. The lowest BCUT2D eigenvalue weighted by atomic mass is 10.7. The highest BCUT2D eigenvalue weighted by Crippen LogP contribution is 1.72. The Balaban J connectivity index is 3.09. The molecule has 10 heavy (non-hydrogen) atoms. The Morgan fingerprint density at radius 2 is 2.60 bits per heavy atom. The molecule has 0 atom stereocenters. The van der Waals surface area contributed by atoms with Crippen LogP contribution >= 0.6 is 0 Å². The predicted molar refractivity (Wildman–Crippen MR) is 33.1 cm³/mol. The van der Waals surface area contributed by atoms with Gasteiger partial charge in [0.25, 0.3) is 0 Å². The molecule has 52 valence electrons. The predicted octanol–water partition coefficient (Wildman–Crippen LogP) is -0.895.